The molecule has 28 heavy (non-hydrogen) atoms. The normalized spacial score (nSPS) is 11.2. The average Bonchev–Trinajstić information content (AvgIpc) is 2.67. The standard InChI is InChI=1S/C22H13Br3FNO/c23-17-7-5-14(6-8-17)13-28-22-19(24)10-15(11-20(22)25)9-16(12-27)18-3-1-2-4-21(18)26/h1-11H,13H2/b16-9-. The van der Waals surface area contributed by atoms with Gasteiger partial charge in [0.2, 0.25) is 0 Å². The molecule has 0 aliphatic heterocycles. The van der Waals surface area contributed by atoms with Crippen molar-refractivity contribution < 1.29 is 9.13 Å². The quantitative estimate of drug-likeness (QED) is 0.234. The summed E-state index contributed by atoms with van der Waals surface area (Å²) >= 11 is 10.4. The summed E-state index contributed by atoms with van der Waals surface area (Å²) in [4.78, 5) is 0. The van der Waals surface area contributed by atoms with Crippen LogP contribution in [0.4, 0.5) is 4.39 Å². The molecule has 0 saturated heterocycles. The van der Waals surface area contributed by atoms with Gasteiger partial charge in [0.15, 0.2) is 0 Å². The molecule has 0 aliphatic carbocycles. The fourth-order valence-electron chi connectivity index (χ4n) is 2.55. The minimum atomic E-state index is -0.428. The molecule has 3 rings (SSSR count). The van der Waals surface area contributed by atoms with Gasteiger partial charge in [-0.2, -0.15) is 5.26 Å². The Bertz CT molecular complexity index is 1050. The molecule has 0 aliphatic rings. The lowest BCUT2D eigenvalue weighted by Crippen LogP contribution is -1.97. The van der Waals surface area contributed by atoms with Gasteiger partial charge in [-0.3, -0.25) is 0 Å². The molecule has 0 fully saturated rings. The van der Waals surface area contributed by atoms with E-state index in [1.54, 1.807) is 24.3 Å². The average molecular weight is 566 g/mol. The summed E-state index contributed by atoms with van der Waals surface area (Å²) in [5, 5.41) is 9.45. The number of rotatable bonds is 5. The summed E-state index contributed by atoms with van der Waals surface area (Å²) in [6.07, 6.45) is 1.65. The summed E-state index contributed by atoms with van der Waals surface area (Å²) in [6, 6.07) is 19.8. The van der Waals surface area contributed by atoms with Gasteiger partial charge in [0.05, 0.1) is 20.6 Å². The van der Waals surface area contributed by atoms with Crippen LogP contribution in [-0.2, 0) is 6.61 Å². The van der Waals surface area contributed by atoms with Crippen LogP contribution in [0.5, 0.6) is 5.75 Å². The van der Waals surface area contributed by atoms with Gasteiger partial charge < -0.3 is 4.74 Å². The van der Waals surface area contributed by atoms with Crippen LogP contribution in [0.25, 0.3) is 11.6 Å². The van der Waals surface area contributed by atoms with Gasteiger partial charge in [-0.15, -0.1) is 0 Å². The molecule has 0 bridgehead atoms. The van der Waals surface area contributed by atoms with Crippen molar-refractivity contribution in [2.24, 2.45) is 0 Å². The number of hydrogen-bond donors (Lipinski definition) is 0. The molecule has 3 aromatic carbocycles. The maximum Gasteiger partial charge on any atom is 0.148 e. The van der Waals surface area contributed by atoms with Crippen LogP contribution in [0, 0.1) is 17.1 Å². The second-order valence-corrected chi connectivity index (χ2v) is 8.50. The molecule has 140 valence electrons. The van der Waals surface area contributed by atoms with Gasteiger partial charge in [0.1, 0.15) is 18.2 Å². The minimum absolute atomic E-state index is 0.250. The number of halogens is 4. The maximum atomic E-state index is 14.0. The Kier molecular flexibility index (Phi) is 7.06. The number of allylic oxidation sites excluding steroid dienone is 1. The Hall–Kier alpha value is -1.94. The van der Waals surface area contributed by atoms with Crippen LogP contribution in [0.15, 0.2) is 74.1 Å². The van der Waals surface area contributed by atoms with Gasteiger partial charge in [0.25, 0.3) is 0 Å². The topological polar surface area (TPSA) is 33.0 Å². The number of hydrogen-bond acceptors (Lipinski definition) is 2. The molecule has 0 spiro atoms. The summed E-state index contributed by atoms with van der Waals surface area (Å²) in [5.41, 5.74) is 2.31. The summed E-state index contributed by atoms with van der Waals surface area (Å²) in [5.74, 6) is 0.229. The third-order valence-corrected chi connectivity index (χ3v) is 5.62. The first-order chi connectivity index (χ1) is 13.5. The van der Waals surface area contributed by atoms with Crippen LogP contribution >= 0.6 is 47.8 Å². The van der Waals surface area contributed by atoms with E-state index >= 15 is 0 Å². The maximum absolute atomic E-state index is 14.0. The zero-order valence-electron chi connectivity index (χ0n) is 14.4. The van der Waals surface area contributed by atoms with E-state index in [9.17, 15) is 9.65 Å². The monoisotopic (exact) mass is 563 g/mol. The van der Waals surface area contributed by atoms with Crippen molar-refractivity contribution in [1.29, 1.82) is 5.26 Å². The molecule has 0 radical (unpaired) electrons. The number of nitrogens with zero attached hydrogens (tertiary/aromatic N) is 1. The first kappa shape index (κ1) is 20.8. The van der Waals surface area contributed by atoms with Crippen LogP contribution in [0.3, 0.4) is 0 Å². The van der Waals surface area contributed by atoms with Gasteiger partial charge in [-0.05, 0) is 79.4 Å². The van der Waals surface area contributed by atoms with Crippen molar-refractivity contribution in [2.75, 3.05) is 0 Å². The van der Waals surface area contributed by atoms with E-state index in [0.717, 1.165) is 24.5 Å². The van der Waals surface area contributed by atoms with E-state index in [0.29, 0.717) is 12.4 Å². The molecule has 0 amide bonds. The second kappa shape index (κ2) is 9.51. The zero-order chi connectivity index (χ0) is 20.1. The fraction of sp³-hybridized carbons (Fsp3) is 0.0455. The molecule has 0 atom stereocenters. The fourth-order valence-corrected chi connectivity index (χ4v) is 4.27. The highest BCUT2D eigenvalue weighted by Crippen LogP contribution is 2.36. The van der Waals surface area contributed by atoms with Crippen molar-refractivity contribution in [3.8, 4) is 11.8 Å². The van der Waals surface area contributed by atoms with Crippen molar-refractivity contribution in [2.45, 2.75) is 6.61 Å². The highest BCUT2D eigenvalue weighted by Gasteiger charge is 2.11. The summed E-state index contributed by atoms with van der Waals surface area (Å²) in [7, 11) is 0. The Labute approximate surface area is 188 Å². The smallest absolute Gasteiger partial charge is 0.148 e. The highest BCUT2D eigenvalue weighted by atomic mass is 79.9. The number of ether oxygens (including phenoxy) is 1. The van der Waals surface area contributed by atoms with E-state index in [4.69, 9.17) is 4.74 Å². The van der Waals surface area contributed by atoms with E-state index < -0.39 is 5.82 Å². The molecule has 0 unspecified atom stereocenters. The summed E-state index contributed by atoms with van der Waals surface area (Å²) in [6.45, 7) is 0.415. The molecular weight excluding hydrogens is 553 g/mol. The third kappa shape index (κ3) is 5.11. The molecule has 0 aromatic heterocycles. The van der Waals surface area contributed by atoms with Crippen LogP contribution in [-0.4, -0.2) is 0 Å². The second-order valence-electron chi connectivity index (χ2n) is 5.88. The Morgan fingerprint density at radius 1 is 1.00 bits per heavy atom. The van der Waals surface area contributed by atoms with Crippen molar-refractivity contribution in [1.82, 2.24) is 0 Å². The first-order valence-electron chi connectivity index (χ1n) is 8.21. The molecular formula is C22H13Br3FNO. The first-order valence-corrected chi connectivity index (χ1v) is 10.6. The van der Waals surface area contributed by atoms with Crippen molar-refractivity contribution >= 4 is 59.4 Å². The van der Waals surface area contributed by atoms with Gasteiger partial charge in [-0.1, -0.05) is 46.3 Å². The van der Waals surface area contributed by atoms with E-state index in [-0.39, 0.29) is 11.1 Å². The predicted octanol–water partition coefficient (Wildman–Crippen LogP) is 7.76. The Morgan fingerprint density at radius 2 is 1.64 bits per heavy atom. The van der Waals surface area contributed by atoms with E-state index in [1.807, 2.05) is 36.4 Å². The molecule has 6 heteroatoms. The van der Waals surface area contributed by atoms with Gasteiger partial charge in [0, 0.05) is 10.0 Å². The molecule has 0 N–H and O–H groups in total. The van der Waals surface area contributed by atoms with Crippen molar-refractivity contribution in [3.63, 3.8) is 0 Å². The molecule has 0 heterocycles. The predicted molar refractivity (Wildman–Crippen MR) is 120 cm³/mol. The van der Waals surface area contributed by atoms with Gasteiger partial charge >= 0.3 is 0 Å². The Balaban J connectivity index is 1.86. The molecule has 2 nitrogen and oxygen atoms in total. The van der Waals surface area contributed by atoms with Crippen molar-refractivity contribution in [3.05, 3.63) is 96.6 Å². The molecule has 0 saturated carbocycles. The van der Waals surface area contributed by atoms with E-state index in [1.165, 1.54) is 6.07 Å². The SMILES string of the molecule is N#C/C(=C/c1cc(Br)c(OCc2ccc(Br)cc2)c(Br)c1)c1ccccc1F. The lowest BCUT2D eigenvalue weighted by atomic mass is 10.0. The van der Waals surface area contributed by atoms with Crippen LogP contribution in [0.1, 0.15) is 16.7 Å². The largest absolute Gasteiger partial charge is 0.487 e. The van der Waals surface area contributed by atoms with E-state index in [2.05, 4.69) is 53.9 Å². The minimum Gasteiger partial charge on any atom is -0.487 e. The molecule has 3 aromatic rings. The number of benzene rings is 3. The Morgan fingerprint density at radius 3 is 2.25 bits per heavy atom. The third-order valence-electron chi connectivity index (χ3n) is 3.91. The number of nitriles is 1. The van der Waals surface area contributed by atoms with Gasteiger partial charge in [-0.25, -0.2) is 4.39 Å². The zero-order valence-corrected chi connectivity index (χ0v) is 19.2. The van der Waals surface area contributed by atoms with Crippen LogP contribution in [0.2, 0.25) is 0 Å². The highest BCUT2D eigenvalue weighted by molar-refractivity contribution is 9.11. The van der Waals surface area contributed by atoms with Crippen LogP contribution < -0.4 is 4.74 Å². The lowest BCUT2D eigenvalue weighted by Gasteiger charge is -2.12. The lowest BCUT2D eigenvalue weighted by molar-refractivity contribution is 0.302. The summed E-state index contributed by atoms with van der Waals surface area (Å²) < 4.78 is 22.4.